The number of hydrogen-bond donors (Lipinski definition) is 0. The van der Waals surface area contributed by atoms with Crippen LogP contribution in [0.4, 0.5) is 5.69 Å². The van der Waals surface area contributed by atoms with Gasteiger partial charge in [0.15, 0.2) is 16.7 Å². The maximum absolute atomic E-state index is 11.6. The molecule has 12 nitrogen and oxygen atoms in total. The van der Waals surface area contributed by atoms with Crippen LogP contribution < -0.4 is 14.2 Å². The van der Waals surface area contributed by atoms with E-state index in [0.29, 0.717) is 27.9 Å². The summed E-state index contributed by atoms with van der Waals surface area (Å²) in [5.74, 6) is 1.82. The minimum Gasteiger partial charge on any atom is -0.497 e. The maximum atomic E-state index is 11.6. The van der Waals surface area contributed by atoms with Crippen molar-refractivity contribution in [2.24, 2.45) is 0 Å². The Morgan fingerprint density at radius 1 is 1.00 bits per heavy atom. The van der Waals surface area contributed by atoms with Crippen LogP contribution in [0, 0.1) is 27.2 Å². The smallest absolute Gasteiger partial charge is 0.269 e. The number of nitro benzene ring substituents is 1. The molecule has 0 spiro atoms. The average molecular weight is 586 g/mol. The van der Waals surface area contributed by atoms with E-state index in [2.05, 4.69) is 10.2 Å². The van der Waals surface area contributed by atoms with Gasteiger partial charge in [0.25, 0.3) is 5.69 Å². The van der Waals surface area contributed by atoms with E-state index in [1.54, 1.807) is 55.0 Å². The topological polar surface area (TPSA) is 145 Å². The van der Waals surface area contributed by atoms with E-state index in [9.17, 15) is 20.2 Å². The van der Waals surface area contributed by atoms with Gasteiger partial charge in [0.05, 0.1) is 24.2 Å². The van der Waals surface area contributed by atoms with Crippen molar-refractivity contribution in [1.29, 1.82) is 0 Å². The van der Waals surface area contributed by atoms with Crippen molar-refractivity contribution >= 4 is 29.1 Å². The zero-order valence-electron chi connectivity index (χ0n) is 21.6. The normalized spacial score (nSPS) is 11.6. The molecule has 0 bridgehead atoms. The van der Waals surface area contributed by atoms with E-state index in [1.165, 1.54) is 31.0 Å². The number of rotatable bonds is 12. The summed E-state index contributed by atoms with van der Waals surface area (Å²) in [6, 6.07) is 16.5. The predicted octanol–water partition coefficient (Wildman–Crippen LogP) is 5.84. The molecule has 1 atom stereocenters. The molecule has 0 aliphatic heterocycles. The molecule has 0 saturated heterocycles. The standard InChI is InChI=1S/C26H24ClN5O7S/c1-16-28-29-26(31(16)19-8-10-21(37-2)11-9-19)40-24(14-30(33)34)18-12-22(27)25(23(13-18)38-3)39-15-17-4-6-20(7-5-17)32(35)36/h4-13,24H,14-15H2,1-3H3/t24-/m0/s1. The zero-order valence-corrected chi connectivity index (χ0v) is 23.2. The second-order valence-corrected chi connectivity index (χ2v) is 10.0. The summed E-state index contributed by atoms with van der Waals surface area (Å²) in [7, 11) is 3.02. The molecular formula is C26H24ClN5O7S. The Morgan fingerprint density at radius 3 is 2.30 bits per heavy atom. The number of aryl methyl sites for hydroxylation is 1. The second-order valence-electron chi connectivity index (χ2n) is 8.43. The van der Waals surface area contributed by atoms with E-state index in [0.717, 1.165) is 5.69 Å². The Morgan fingerprint density at radius 2 is 1.70 bits per heavy atom. The lowest BCUT2D eigenvalue weighted by Crippen LogP contribution is -2.12. The molecule has 0 N–H and O–H groups in total. The number of non-ortho nitro benzene ring substituents is 1. The van der Waals surface area contributed by atoms with Crippen molar-refractivity contribution in [3.63, 3.8) is 0 Å². The first kappa shape index (κ1) is 28.6. The molecule has 0 unspecified atom stereocenters. The van der Waals surface area contributed by atoms with Crippen LogP contribution in [0.15, 0.2) is 65.8 Å². The summed E-state index contributed by atoms with van der Waals surface area (Å²) >= 11 is 7.75. The Balaban J connectivity index is 1.61. The van der Waals surface area contributed by atoms with Gasteiger partial charge >= 0.3 is 0 Å². The summed E-state index contributed by atoms with van der Waals surface area (Å²) in [6.45, 7) is 1.45. The molecule has 4 aromatic rings. The molecule has 0 radical (unpaired) electrons. The predicted molar refractivity (Wildman–Crippen MR) is 149 cm³/mol. The fourth-order valence-corrected chi connectivity index (χ4v) is 5.28. The molecule has 0 saturated carbocycles. The number of ether oxygens (including phenoxy) is 3. The highest BCUT2D eigenvalue weighted by molar-refractivity contribution is 7.99. The Hall–Kier alpha value is -4.36. The lowest BCUT2D eigenvalue weighted by molar-refractivity contribution is -0.479. The summed E-state index contributed by atoms with van der Waals surface area (Å²) < 4.78 is 18.4. The van der Waals surface area contributed by atoms with Gasteiger partial charge in [-0.15, -0.1) is 10.2 Å². The first-order valence-corrected chi connectivity index (χ1v) is 13.0. The van der Waals surface area contributed by atoms with E-state index in [1.807, 2.05) is 12.1 Å². The first-order valence-electron chi connectivity index (χ1n) is 11.8. The fraction of sp³-hybridized carbons (Fsp3) is 0.231. The number of methoxy groups -OCH3 is 2. The minimum atomic E-state index is -0.689. The number of nitro groups is 2. The minimum absolute atomic E-state index is 0.0314. The highest BCUT2D eigenvalue weighted by Gasteiger charge is 2.26. The van der Waals surface area contributed by atoms with Crippen LogP contribution in [0.2, 0.25) is 5.02 Å². The third-order valence-electron chi connectivity index (χ3n) is 5.84. The first-order chi connectivity index (χ1) is 19.2. The van der Waals surface area contributed by atoms with Crippen LogP contribution >= 0.6 is 23.4 Å². The second kappa shape index (κ2) is 12.7. The van der Waals surface area contributed by atoms with Gasteiger partial charge in [0.1, 0.15) is 23.4 Å². The van der Waals surface area contributed by atoms with E-state index in [-0.39, 0.29) is 28.8 Å². The van der Waals surface area contributed by atoms with Gasteiger partial charge in [-0.25, -0.2) is 0 Å². The summed E-state index contributed by atoms with van der Waals surface area (Å²) in [5, 5.41) is 30.9. The zero-order chi connectivity index (χ0) is 28.8. The molecule has 4 rings (SSSR count). The number of thioether (sulfide) groups is 1. The van der Waals surface area contributed by atoms with Crippen molar-refractivity contribution in [2.75, 3.05) is 20.8 Å². The third kappa shape index (κ3) is 6.61. The highest BCUT2D eigenvalue weighted by Crippen LogP contribution is 2.43. The molecule has 0 aliphatic rings. The molecule has 1 aromatic heterocycles. The van der Waals surface area contributed by atoms with E-state index in [4.69, 9.17) is 25.8 Å². The molecule has 0 fully saturated rings. The van der Waals surface area contributed by atoms with Gasteiger partial charge in [-0.3, -0.25) is 24.8 Å². The molecular weight excluding hydrogens is 562 g/mol. The molecule has 0 aliphatic carbocycles. The van der Waals surface area contributed by atoms with Crippen molar-refractivity contribution in [3.8, 4) is 22.9 Å². The van der Waals surface area contributed by atoms with Crippen LogP contribution in [0.25, 0.3) is 5.69 Å². The molecule has 0 amide bonds. The van der Waals surface area contributed by atoms with Crippen molar-refractivity contribution in [1.82, 2.24) is 14.8 Å². The molecule has 40 heavy (non-hydrogen) atoms. The van der Waals surface area contributed by atoms with Crippen LogP contribution in [0.5, 0.6) is 17.2 Å². The number of nitrogens with zero attached hydrogens (tertiary/aromatic N) is 5. The molecule has 14 heteroatoms. The summed E-state index contributed by atoms with van der Waals surface area (Å²) in [5.41, 5.74) is 1.96. The SMILES string of the molecule is COc1ccc(-n2c(C)nnc2S[C@@H](C[N+](=O)[O-])c2cc(Cl)c(OCc3ccc([N+](=O)[O-])cc3)c(OC)c2)cc1. The quantitative estimate of drug-likeness (QED) is 0.113. The fourth-order valence-electron chi connectivity index (χ4n) is 3.86. The van der Waals surface area contributed by atoms with Crippen molar-refractivity contribution in [3.05, 3.63) is 103 Å². The van der Waals surface area contributed by atoms with Gasteiger partial charge in [-0.05, 0) is 66.6 Å². The molecule has 208 valence electrons. The van der Waals surface area contributed by atoms with E-state index < -0.39 is 21.6 Å². The number of hydrogen-bond acceptors (Lipinski definition) is 10. The largest absolute Gasteiger partial charge is 0.497 e. The summed E-state index contributed by atoms with van der Waals surface area (Å²) in [4.78, 5) is 21.6. The van der Waals surface area contributed by atoms with Crippen molar-refractivity contribution < 1.29 is 24.1 Å². The Kier molecular flexibility index (Phi) is 9.07. The average Bonchev–Trinajstić information content (AvgIpc) is 3.31. The van der Waals surface area contributed by atoms with Gasteiger partial charge in [0.2, 0.25) is 6.54 Å². The van der Waals surface area contributed by atoms with Crippen LogP contribution in [0.1, 0.15) is 22.2 Å². The number of halogens is 1. The van der Waals surface area contributed by atoms with Gasteiger partial charge in [0, 0.05) is 22.7 Å². The Labute approximate surface area is 238 Å². The van der Waals surface area contributed by atoms with Gasteiger partial charge < -0.3 is 14.2 Å². The van der Waals surface area contributed by atoms with E-state index >= 15 is 0 Å². The molecule has 1 heterocycles. The maximum Gasteiger partial charge on any atom is 0.269 e. The van der Waals surface area contributed by atoms with Crippen molar-refractivity contribution in [2.45, 2.75) is 23.9 Å². The van der Waals surface area contributed by atoms with Crippen LogP contribution in [-0.2, 0) is 6.61 Å². The number of benzene rings is 3. The summed E-state index contributed by atoms with van der Waals surface area (Å²) in [6.07, 6.45) is 0. The number of aromatic nitrogens is 3. The Bertz CT molecular complexity index is 1510. The lowest BCUT2D eigenvalue weighted by Gasteiger charge is -2.18. The van der Waals surface area contributed by atoms with Gasteiger partial charge in [-0.2, -0.15) is 0 Å². The van der Waals surface area contributed by atoms with Crippen LogP contribution in [0.3, 0.4) is 0 Å². The van der Waals surface area contributed by atoms with Crippen LogP contribution in [-0.4, -0.2) is 45.4 Å². The monoisotopic (exact) mass is 585 g/mol. The molecule has 3 aromatic carbocycles. The highest BCUT2D eigenvalue weighted by atomic mass is 35.5. The third-order valence-corrected chi connectivity index (χ3v) is 7.30. The lowest BCUT2D eigenvalue weighted by atomic mass is 10.1. The van der Waals surface area contributed by atoms with Gasteiger partial charge in [-0.1, -0.05) is 23.4 Å².